The van der Waals surface area contributed by atoms with E-state index in [0.717, 1.165) is 35.7 Å². The number of fused-ring (bicyclic) bond motifs is 2. The van der Waals surface area contributed by atoms with Crippen molar-refractivity contribution >= 4 is 24.1 Å². The van der Waals surface area contributed by atoms with Crippen LogP contribution in [-0.2, 0) is 9.47 Å². The first-order valence-electron chi connectivity index (χ1n) is 24.3. The number of likely N-dealkylation sites (tertiary alicyclic amines) is 2. The summed E-state index contributed by atoms with van der Waals surface area (Å²) in [5.41, 5.74) is 14.0. The van der Waals surface area contributed by atoms with Gasteiger partial charge in [-0.2, -0.15) is 0 Å². The van der Waals surface area contributed by atoms with Crippen molar-refractivity contribution in [3.63, 3.8) is 0 Å². The number of rotatable bonds is 10. The zero-order valence-electron chi connectivity index (χ0n) is 41.3. The Morgan fingerprint density at radius 2 is 0.917 bits per heavy atom. The molecule has 3 amide bonds. The molecule has 2 saturated heterocycles. The fourth-order valence-corrected chi connectivity index (χ4v) is 9.43. The van der Waals surface area contributed by atoms with E-state index in [-0.39, 0.29) is 41.6 Å². The number of amides is 3. The smallest absolute Gasteiger partial charge is 0.410 e. The van der Waals surface area contributed by atoms with Gasteiger partial charge in [0.1, 0.15) is 57.2 Å². The molecule has 4 aliphatic rings. The van der Waals surface area contributed by atoms with Crippen LogP contribution in [0.5, 0.6) is 23.0 Å². The van der Waals surface area contributed by atoms with Gasteiger partial charge in [0, 0.05) is 74.1 Å². The number of benzene rings is 4. The number of ether oxygens (including phenoxy) is 4. The van der Waals surface area contributed by atoms with Crippen molar-refractivity contribution in [1.29, 1.82) is 0 Å². The van der Waals surface area contributed by atoms with Crippen molar-refractivity contribution in [2.45, 2.75) is 77.4 Å². The molecule has 18 nitrogen and oxygen atoms in total. The highest BCUT2D eigenvalue weighted by Gasteiger charge is 2.44. The predicted octanol–water partition coefficient (Wildman–Crippen LogP) is 9.28. The summed E-state index contributed by atoms with van der Waals surface area (Å²) in [6, 6.07) is 33.7. The monoisotopic (exact) mass is 979 g/mol. The number of para-hydroxylation sites is 2. The van der Waals surface area contributed by atoms with Crippen LogP contribution in [0.3, 0.4) is 0 Å². The van der Waals surface area contributed by atoms with E-state index in [0.29, 0.717) is 79.2 Å². The molecule has 2 fully saturated rings. The van der Waals surface area contributed by atoms with Crippen LogP contribution in [0.25, 0.3) is 22.5 Å². The molecule has 10 rings (SSSR count). The lowest BCUT2D eigenvalue weighted by molar-refractivity contribution is -0.00717. The quantitative estimate of drug-likeness (QED) is 0.101. The Morgan fingerprint density at radius 1 is 0.556 bits per heavy atom. The third kappa shape index (κ3) is 10.8. The normalized spacial score (nSPS) is 17.5. The highest BCUT2D eigenvalue weighted by molar-refractivity contribution is 5.98. The maximum absolute atomic E-state index is 12.5. The maximum Gasteiger partial charge on any atom is 0.410 e. The number of carboxylic acid groups (broad SMARTS) is 1. The van der Waals surface area contributed by atoms with Gasteiger partial charge in [-0.25, -0.2) is 33.7 Å². The molecule has 376 valence electrons. The Kier molecular flexibility index (Phi) is 13.6. The van der Waals surface area contributed by atoms with Crippen molar-refractivity contribution in [1.82, 2.24) is 29.1 Å². The van der Waals surface area contributed by atoms with Gasteiger partial charge in [0.25, 0.3) is 5.91 Å². The molecule has 2 aromatic heterocycles. The number of aromatic nitrogens is 4. The number of hydrogen-bond acceptors (Lipinski definition) is 12. The van der Waals surface area contributed by atoms with E-state index < -0.39 is 23.1 Å². The lowest BCUT2D eigenvalue weighted by Crippen LogP contribution is -2.54. The van der Waals surface area contributed by atoms with Gasteiger partial charge in [-0.05, 0) is 127 Å². The number of carboxylic acids is 1. The molecule has 6 aromatic rings. The van der Waals surface area contributed by atoms with Gasteiger partial charge < -0.3 is 50.4 Å². The number of nitrogens with zero attached hydrogens (tertiary/aromatic N) is 6. The molecule has 0 radical (unpaired) electrons. The number of primary amides is 1. The highest BCUT2D eigenvalue weighted by Crippen LogP contribution is 2.41. The summed E-state index contributed by atoms with van der Waals surface area (Å²) in [7, 11) is 0. The first-order chi connectivity index (χ1) is 34.4. The zero-order chi connectivity index (χ0) is 50.9. The first-order valence-corrected chi connectivity index (χ1v) is 24.3. The highest BCUT2D eigenvalue weighted by atomic mass is 16.6. The van der Waals surface area contributed by atoms with Gasteiger partial charge in [-0.1, -0.05) is 36.4 Å². The van der Waals surface area contributed by atoms with Crippen LogP contribution in [0.4, 0.5) is 9.59 Å². The lowest BCUT2D eigenvalue weighted by atomic mass is 9.82. The fourth-order valence-electron chi connectivity index (χ4n) is 9.43. The SMILES string of the molecule is CC(C)(C)OC(=O)N1CC(C2CCNn3c2nc(-c2ccc(Oc4ccccc4)cc2)c3C(=O)O)C1.CC(C)(C)OC(=O)N1CC(C2CCNn3c2nc(-c2ccc(Oc4ccccc4)cc2)c3C(N)=O)C1. The second kappa shape index (κ2) is 20.0. The average molecular weight is 980 g/mol. The molecule has 5 N–H and O–H groups in total. The van der Waals surface area contributed by atoms with Gasteiger partial charge in [0.05, 0.1) is 0 Å². The zero-order valence-corrected chi connectivity index (χ0v) is 41.3. The summed E-state index contributed by atoms with van der Waals surface area (Å²) in [6.07, 6.45) is 1.05. The second-order valence-corrected chi connectivity index (χ2v) is 20.5. The summed E-state index contributed by atoms with van der Waals surface area (Å²) in [5, 5.41) is 10.0. The van der Waals surface area contributed by atoms with Crippen LogP contribution in [0, 0.1) is 11.8 Å². The molecular weight excluding hydrogens is 919 g/mol. The van der Waals surface area contributed by atoms with E-state index in [2.05, 4.69) is 10.9 Å². The van der Waals surface area contributed by atoms with E-state index >= 15 is 0 Å². The van der Waals surface area contributed by atoms with Gasteiger partial charge >= 0.3 is 18.2 Å². The molecule has 6 heterocycles. The Hall–Kier alpha value is -8.02. The molecule has 72 heavy (non-hydrogen) atoms. The van der Waals surface area contributed by atoms with Gasteiger partial charge in [-0.3, -0.25) is 4.79 Å². The summed E-state index contributed by atoms with van der Waals surface area (Å²) < 4.78 is 26.0. The number of aromatic carboxylic acids is 1. The molecule has 0 spiro atoms. The number of imidazole rings is 2. The van der Waals surface area contributed by atoms with Crippen LogP contribution in [0.15, 0.2) is 109 Å². The number of nitrogens with one attached hydrogen (secondary N) is 2. The van der Waals surface area contributed by atoms with Gasteiger partial charge in [0.15, 0.2) is 11.4 Å². The van der Waals surface area contributed by atoms with Crippen molar-refractivity contribution in [3.8, 4) is 45.5 Å². The molecule has 0 bridgehead atoms. The molecule has 0 saturated carbocycles. The van der Waals surface area contributed by atoms with E-state index in [4.69, 9.17) is 34.6 Å². The number of nitrogens with two attached hydrogens (primary N) is 1. The Labute approximate surface area is 418 Å². The summed E-state index contributed by atoms with van der Waals surface area (Å²) in [4.78, 5) is 62.6. The average Bonchev–Trinajstić information content (AvgIpc) is 3.90. The van der Waals surface area contributed by atoms with Crippen LogP contribution < -0.4 is 26.1 Å². The number of hydrogen-bond donors (Lipinski definition) is 4. The van der Waals surface area contributed by atoms with E-state index in [1.165, 1.54) is 0 Å². The second-order valence-electron chi connectivity index (χ2n) is 20.5. The van der Waals surface area contributed by atoms with Crippen LogP contribution in [0.1, 0.15) is 98.8 Å². The molecule has 2 unspecified atom stereocenters. The molecule has 4 aromatic carbocycles. The maximum atomic E-state index is 12.5. The molecule has 4 aliphatic heterocycles. The van der Waals surface area contributed by atoms with Crippen molar-refractivity contribution in [2.24, 2.45) is 17.6 Å². The minimum atomic E-state index is -1.05. The molecular formula is C54H61N9O9. The van der Waals surface area contributed by atoms with Gasteiger partial charge in [-0.15, -0.1) is 0 Å². The van der Waals surface area contributed by atoms with Crippen LogP contribution >= 0.6 is 0 Å². The Bertz CT molecular complexity index is 2720. The van der Waals surface area contributed by atoms with E-state index in [1.54, 1.807) is 19.2 Å². The lowest BCUT2D eigenvalue weighted by Gasteiger charge is -2.44. The van der Waals surface area contributed by atoms with E-state index in [9.17, 15) is 24.3 Å². The predicted molar refractivity (Wildman–Crippen MR) is 270 cm³/mol. The summed E-state index contributed by atoms with van der Waals surface area (Å²) in [6.45, 7) is 14.8. The largest absolute Gasteiger partial charge is 0.476 e. The summed E-state index contributed by atoms with van der Waals surface area (Å²) >= 11 is 0. The number of carbonyl (C=O) groups excluding carboxylic acids is 3. The third-order valence-corrected chi connectivity index (χ3v) is 12.8. The standard InChI is InChI=1S/C27H31N5O4.C27H30N4O5/c1-27(2,3)36-26(34)31-15-18(16-31)21-13-14-29-32-23(24(28)33)22(30-25(21)32)17-9-11-20(12-10-17)35-19-7-5-4-6-8-19;1-27(2,3)36-26(34)30-15-18(16-30)21-13-14-28-31-23(25(32)33)22(29-24(21)31)17-9-11-20(12-10-17)35-19-7-5-4-6-8-19/h4-12,18,21,29H,13-16H2,1-3H3,(H2,28,33);4-12,18,21,28H,13-16H2,1-3H3,(H,32,33). The van der Waals surface area contributed by atoms with Crippen molar-refractivity contribution in [2.75, 3.05) is 50.1 Å². The van der Waals surface area contributed by atoms with Crippen LogP contribution in [-0.4, -0.2) is 109 Å². The minimum Gasteiger partial charge on any atom is -0.476 e. The molecule has 2 atom stereocenters. The molecule has 0 aliphatic carbocycles. The first kappa shape index (κ1) is 49.0. The molecule has 18 heteroatoms. The van der Waals surface area contributed by atoms with Crippen molar-refractivity contribution < 1.29 is 43.2 Å². The minimum absolute atomic E-state index is 0.0393. The fraction of sp³-hybridized carbons (Fsp3) is 0.370. The van der Waals surface area contributed by atoms with E-state index in [1.807, 2.05) is 151 Å². The Balaban J connectivity index is 0.000000178. The number of carbonyl (C=O) groups is 4. The topological polar surface area (TPSA) is 218 Å². The third-order valence-electron chi connectivity index (χ3n) is 12.8. The Morgan fingerprint density at radius 3 is 1.28 bits per heavy atom. The van der Waals surface area contributed by atoms with Gasteiger partial charge in [0.2, 0.25) is 0 Å². The van der Waals surface area contributed by atoms with Crippen molar-refractivity contribution in [3.05, 3.63) is 132 Å². The van der Waals surface area contributed by atoms with Crippen LogP contribution in [0.2, 0.25) is 0 Å². The summed E-state index contributed by atoms with van der Waals surface area (Å²) in [5.74, 6) is 3.21.